The molecule has 2 aromatic rings. The van der Waals surface area contributed by atoms with E-state index in [0.717, 1.165) is 13.1 Å². The monoisotopic (exact) mass is 620 g/mol. The Bertz CT molecular complexity index is 913. The molecule has 45 heavy (non-hydrogen) atoms. The highest BCUT2D eigenvalue weighted by Crippen LogP contribution is 2.24. The topological polar surface area (TPSA) is 40.5 Å². The Kier molecular flexibility index (Phi) is 23.5. The van der Waals surface area contributed by atoms with Crippen LogP contribution in [0.1, 0.15) is 190 Å². The normalized spacial score (nSPS) is 12.0. The smallest absolute Gasteiger partial charge is 0.195 e. The lowest BCUT2D eigenvalue weighted by molar-refractivity contribution is 0.0747. The van der Waals surface area contributed by atoms with E-state index in [0.29, 0.717) is 11.1 Å². The lowest BCUT2D eigenvalue weighted by atomic mass is 9.99. The van der Waals surface area contributed by atoms with Crippen LogP contribution in [0.15, 0.2) is 54.6 Å². The van der Waals surface area contributed by atoms with Crippen molar-refractivity contribution in [2.75, 3.05) is 18.0 Å². The predicted molar refractivity (Wildman–Crippen MR) is 197 cm³/mol. The van der Waals surface area contributed by atoms with Gasteiger partial charge in [0.05, 0.1) is 0 Å². The fourth-order valence-corrected chi connectivity index (χ4v) is 6.44. The number of anilines is 1. The van der Waals surface area contributed by atoms with Gasteiger partial charge in [0.1, 0.15) is 6.10 Å². The van der Waals surface area contributed by atoms with Crippen molar-refractivity contribution in [1.82, 2.24) is 0 Å². The number of benzene rings is 2. The summed E-state index contributed by atoms with van der Waals surface area (Å²) in [4.78, 5) is 15.3. The Morgan fingerprint density at radius 2 is 0.867 bits per heavy atom. The number of carbonyl (C=O) groups is 1. The van der Waals surface area contributed by atoms with E-state index in [-0.39, 0.29) is 5.78 Å². The molecule has 0 saturated carbocycles. The van der Waals surface area contributed by atoms with Gasteiger partial charge < -0.3 is 10.0 Å². The molecule has 0 aliphatic rings. The highest BCUT2D eigenvalue weighted by Gasteiger charge is 2.19. The summed E-state index contributed by atoms with van der Waals surface area (Å²) in [5, 5.41) is 10.8. The number of unbranched alkanes of at least 4 members (excludes halogenated alkanes) is 22. The summed E-state index contributed by atoms with van der Waals surface area (Å²) >= 11 is 0. The van der Waals surface area contributed by atoms with Crippen molar-refractivity contribution >= 4 is 11.5 Å². The number of aliphatic hydroxyl groups is 1. The first-order valence-electron chi connectivity index (χ1n) is 19.3. The molecule has 1 N–H and O–H groups in total. The van der Waals surface area contributed by atoms with E-state index in [9.17, 15) is 9.90 Å². The molecular formula is C42H69NO2. The minimum Gasteiger partial charge on any atom is -0.380 e. The quantitative estimate of drug-likeness (QED) is 0.0698. The highest BCUT2D eigenvalue weighted by atomic mass is 16.3. The third-order valence-electron chi connectivity index (χ3n) is 9.44. The fourth-order valence-electron chi connectivity index (χ4n) is 6.44. The molecule has 0 aromatic heterocycles. The van der Waals surface area contributed by atoms with Gasteiger partial charge in [-0.2, -0.15) is 0 Å². The van der Waals surface area contributed by atoms with Gasteiger partial charge in [-0.05, 0) is 30.5 Å². The van der Waals surface area contributed by atoms with Crippen LogP contribution in [0, 0.1) is 0 Å². The van der Waals surface area contributed by atoms with Crippen LogP contribution >= 0.6 is 0 Å². The summed E-state index contributed by atoms with van der Waals surface area (Å²) < 4.78 is 0. The van der Waals surface area contributed by atoms with E-state index in [2.05, 4.69) is 30.9 Å². The Labute approximate surface area is 278 Å². The van der Waals surface area contributed by atoms with Crippen molar-refractivity contribution < 1.29 is 9.90 Å². The molecule has 0 amide bonds. The van der Waals surface area contributed by atoms with Crippen molar-refractivity contribution in [1.29, 1.82) is 0 Å². The van der Waals surface area contributed by atoms with E-state index in [1.165, 1.54) is 160 Å². The number of rotatable bonds is 30. The van der Waals surface area contributed by atoms with E-state index < -0.39 is 6.10 Å². The van der Waals surface area contributed by atoms with Crippen LogP contribution in [0.2, 0.25) is 0 Å². The Balaban J connectivity index is 1.75. The first-order valence-corrected chi connectivity index (χ1v) is 19.3. The standard InChI is InChI=1S/C42H69NO2/c1-3-5-7-9-11-13-15-17-19-21-23-28-36-43(37-29-24-22-20-18-16-14-12-10-8-6-4-2)40-34-32-39(33-35-40)42(45)41(44)38-30-26-25-27-31-38/h25-27,30-35,42,45H,3-24,28-29,36-37H2,1-2H3. The van der Waals surface area contributed by atoms with Gasteiger partial charge in [-0.25, -0.2) is 0 Å². The molecule has 0 aliphatic heterocycles. The van der Waals surface area contributed by atoms with Gasteiger partial charge in [0.15, 0.2) is 5.78 Å². The number of nitrogens with zero attached hydrogens (tertiary/aromatic N) is 1. The number of hydrogen-bond acceptors (Lipinski definition) is 3. The summed E-state index contributed by atoms with van der Waals surface area (Å²) in [5.41, 5.74) is 2.43. The van der Waals surface area contributed by atoms with Gasteiger partial charge in [-0.1, -0.05) is 198 Å². The second-order valence-corrected chi connectivity index (χ2v) is 13.5. The first kappa shape index (κ1) is 39.1. The zero-order valence-electron chi connectivity index (χ0n) is 29.5. The zero-order valence-corrected chi connectivity index (χ0v) is 29.5. The molecule has 3 nitrogen and oxygen atoms in total. The van der Waals surface area contributed by atoms with Crippen molar-refractivity contribution in [2.45, 2.75) is 174 Å². The molecule has 0 bridgehead atoms. The average Bonchev–Trinajstić information content (AvgIpc) is 3.08. The molecule has 254 valence electrons. The number of hydrogen-bond donors (Lipinski definition) is 1. The molecule has 2 aromatic carbocycles. The van der Waals surface area contributed by atoms with Gasteiger partial charge in [0.2, 0.25) is 0 Å². The van der Waals surface area contributed by atoms with Crippen LogP contribution in [-0.2, 0) is 0 Å². The minimum absolute atomic E-state index is 0.242. The van der Waals surface area contributed by atoms with Crippen molar-refractivity contribution in [3.8, 4) is 0 Å². The van der Waals surface area contributed by atoms with Crippen LogP contribution < -0.4 is 4.90 Å². The zero-order chi connectivity index (χ0) is 32.2. The third-order valence-corrected chi connectivity index (χ3v) is 9.44. The summed E-state index contributed by atoms with van der Waals surface area (Å²) in [5.74, 6) is -0.242. The molecule has 1 atom stereocenters. The van der Waals surface area contributed by atoms with Crippen LogP contribution in [0.3, 0.4) is 0 Å². The largest absolute Gasteiger partial charge is 0.380 e. The Hall–Kier alpha value is -2.13. The Morgan fingerprint density at radius 3 is 1.24 bits per heavy atom. The van der Waals surface area contributed by atoms with Gasteiger partial charge >= 0.3 is 0 Å². The van der Waals surface area contributed by atoms with Gasteiger partial charge in [-0.3, -0.25) is 4.79 Å². The number of ketones is 1. The predicted octanol–water partition coefficient (Wildman–Crippen LogP) is 12.8. The van der Waals surface area contributed by atoms with E-state index in [4.69, 9.17) is 0 Å². The number of carbonyl (C=O) groups excluding carboxylic acids is 1. The third kappa shape index (κ3) is 18.6. The number of aliphatic hydroxyl groups excluding tert-OH is 1. The Morgan fingerprint density at radius 1 is 0.511 bits per heavy atom. The van der Waals surface area contributed by atoms with Crippen LogP contribution in [-0.4, -0.2) is 24.0 Å². The molecular weight excluding hydrogens is 550 g/mol. The molecule has 0 fully saturated rings. The van der Waals surface area contributed by atoms with Crippen molar-refractivity contribution in [3.63, 3.8) is 0 Å². The second kappa shape index (κ2) is 27.0. The molecule has 0 aliphatic carbocycles. The van der Waals surface area contributed by atoms with Gasteiger partial charge in [0, 0.05) is 24.3 Å². The molecule has 0 radical (unpaired) electrons. The van der Waals surface area contributed by atoms with E-state index in [1.807, 2.05) is 30.3 Å². The van der Waals surface area contributed by atoms with Crippen LogP contribution in [0.25, 0.3) is 0 Å². The summed E-state index contributed by atoms with van der Waals surface area (Å²) in [6, 6.07) is 17.2. The lowest BCUT2D eigenvalue weighted by Gasteiger charge is -2.25. The van der Waals surface area contributed by atoms with Crippen molar-refractivity contribution in [3.05, 3.63) is 65.7 Å². The maximum absolute atomic E-state index is 12.8. The average molecular weight is 620 g/mol. The second-order valence-electron chi connectivity index (χ2n) is 13.5. The van der Waals surface area contributed by atoms with Gasteiger partial charge in [0.25, 0.3) is 0 Å². The van der Waals surface area contributed by atoms with Crippen LogP contribution in [0.4, 0.5) is 5.69 Å². The maximum atomic E-state index is 12.8. The van der Waals surface area contributed by atoms with Crippen molar-refractivity contribution in [2.24, 2.45) is 0 Å². The molecule has 0 heterocycles. The molecule has 0 spiro atoms. The molecule has 1 unspecified atom stereocenters. The summed E-state index contributed by atoms with van der Waals surface area (Å²) in [6.45, 7) is 6.74. The number of Topliss-reactive ketones (excluding diaryl/α,β-unsaturated/α-hetero) is 1. The summed E-state index contributed by atoms with van der Waals surface area (Å²) in [6.07, 6.45) is 31.8. The van der Waals surface area contributed by atoms with E-state index >= 15 is 0 Å². The van der Waals surface area contributed by atoms with Crippen LogP contribution in [0.5, 0.6) is 0 Å². The molecule has 3 heteroatoms. The SMILES string of the molecule is CCCCCCCCCCCCCCN(CCCCCCCCCCCCCC)c1ccc(C(O)C(=O)c2ccccc2)cc1. The van der Waals surface area contributed by atoms with E-state index in [1.54, 1.807) is 12.1 Å². The first-order chi connectivity index (χ1) is 22.2. The van der Waals surface area contributed by atoms with Gasteiger partial charge in [-0.15, -0.1) is 0 Å². The minimum atomic E-state index is -1.12. The highest BCUT2D eigenvalue weighted by molar-refractivity contribution is 5.99. The molecule has 2 rings (SSSR count). The molecule has 0 saturated heterocycles. The maximum Gasteiger partial charge on any atom is 0.195 e. The fraction of sp³-hybridized carbons (Fsp3) is 0.690. The lowest BCUT2D eigenvalue weighted by Crippen LogP contribution is -2.25. The summed E-state index contributed by atoms with van der Waals surface area (Å²) in [7, 11) is 0.